The van der Waals surface area contributed by atoms with Gasteiger partial charge in [0.05, 0.1) is 16.3 Å². The van der Waals surface area contributed by atoms with E-state index in [1.54, 1.807) is 31.3 Å². The highest BCUT2D eigenvalue weighted by Gasteiger charge is 2.35. The number of hydrogen-bond donors (Lipinski definition) is 1. The third-order valence-electron chi connectivity index (χ3n) is 7.54. The van der Waals surface area contributed by atoms with E-state index in [-0.39, 0.29) is 28.4 Å². The smallest absolute Gasteiger partial charge is 0.243 e. The van der Waals surface area contributed by atoms with Crippen molar-refractivity contribution in [2.75, 3.05) is 18.9 Å². The van der Waals surface area contributed by atoms with Crippen LogP contribution in [0.1, 0.15) is 64.2 Å². The van der Waals surface area contributed by atoms with Gasteiger partial charge in [0.2, 0.25) is 26.0 Å². The summed E-state index contributed by atoms with van der Waals surface area (Å²) in [4.78, 5) is 12.9. The molecule has 4 rings (SSSR count). The standard InChI is InChI=1S/C27H37N3O5S2/c1-29(23-13-7-3-8-14-23)36(32,33)25-17-19-26(20-18-25)37(34,35)30(24-15-9-4-10-16-24)21-27(31)28-22-11-5-2-6-12-22/h2,5-6,11-12,17-20,23-24H,3-4,7-10,13-16,21H2,1H3,(H,28,31). The highest BCUT2D eigenvalue weighted by molar-refractivity contribution is 7.89. The Hall–Kier alpha value is -2.27. The van der Waals surface area contributed by atoms with Crippen LogP contribution in [0.5, 0.6) is 0 Å². The average molecular weight is 548 g/mol. The van der Waals surface area contributed by atoms with Crippen LogP contribution in [-0.2, 0) is 24.8 Å². The lowest BCUT2D eigenvalue weighted by atomic mass is 9.95. The van der Waals surface area contributed by atoms with Crippen molar-refractivity contribution in [2.45, 2.75) is 86.1 Å². The molecule has 1 N–H and O–H groups in total. The van der Waals surface area contributed by atoms with Crippen LogP contribution in [-0.4, -0.2) is 57.0 Å². The van der Waals surface area contributed by atoms with Gasteiger partial charge in [0.1, 0.15) is 0 Å². The summed E-state index contributed by atoms with van der Waals surface area (Å²) in [5, 5.41) is 2.78. The number of nitrogens with one attached hydrogen (secondary N) is 1. The van der Waals surface area contributed by atoms with Gasteiger partial charge in [-0.05, 0) is 62.1 Å². The molecule has 0 bridgehead atoms. The van der Waals surface area contributed by atoms with Crippen molar-refractivity contribution < 1.29 is 21.6 Å². The summed E-state index contributed by atoms with van der Waals surface area (Å²) >= 11 is 0. The number of benzene rings is 2. The minimum absolute atomic E-state index is 0.00939. The number of anilines is 1. The maximum atomic E-state index is 13.7. The molecule has 2 aliphatic rings. The third kappa shape index (κ3) is 6.60. The molecular weight excluding hydrogens is 510 g/mol. The van der Waals surface area contributed by atoms with E-state index in [0.29, 0.717) is 18.5 Å². The molecule has 0 aromatic heterocycles. The fraction of sp³-hybridized carbons (Fsp3) is 0.519. The van der Waals surface area contributed by atoms with Crippen molar-refractivity contribution >= 4 is 31.6 Å². The first-order valence-electron chi connectivity index (χ1n) is 13.1. The highest BCUT2D eigenvalue weighted by atomic mass is 32.2. The molecule has 10 heteroatoms. The molecule has 0 aliphatic heterocycles. The van der Waals surface area contributed by atoms with Crippen molar-refractivity contribution in [3.05, 3.63) is 54.6 Å². The topological polar surface area (TPSA) is 104 Å². The van der Waals surface area contributed by atoms with E-state index in [1.165, 1.54) is 32.9 Å². The molecule has 0 atom stereocenters. The Labute approximate surface area is 221 Å². The summed E-state index contributed by atoms with van der Waals surface area (Å²) in [5.74, 6) is -0.409. The first-order chi connectivity index (χ1) is 17.7. The Morgan fingerprint density at radius 1 is 0.730 bits per heavy atom. The molecule has 2 fully saturated rings. The summed E-state index contributed by atoms with van der Waals surface area (Å²) in [5.41, 5.74) is 0.602. The molecule has 2 aromatic rings. The van der Waals surface area contributed by atoms with Gasteiger partial charge >= 0.3 is 0 Å². The molecule has 2 saturated carbocycles. The Kier molecular flexibility index (Phi) is 9.05. The Morgan fingerprint density at radius 3 is 1.76 bits per heavy atom. The summed E-state index contributed by atoms with van der Waals surface area (Å²) in [7, 11) is -6.16. The van der Waals surface area contributed by atoms with Gasteiger partial charge in [0.15, 0.2) is 0 Å². The zero-order chi connectivity index (χ0) is 26.5. The number of amides is 1. The Morgan fingerprint density at radius 2 is 1.22 bits per heavy atom. The van der Waals surface area contributed by atoms with Crippen LogP contribution in [0, 0.1) is 0 Å². The molecule has 0 spiro atoms. The summed E-state index contributed by atoms with van der Waals surface area (Å²) in [6.45, 7) is -0.299. The fourth-order valence-electron chi connectivity index (χ4n) is 5.37. The van der Waals surface area contributed by atoms with E-state index < -0.39 is 26.0 Å². The molecule has 0 radical (unpaired) electrons. The van der Waals surface area contributed by atoms with E-state index in [1.807, 2.05) is 6.07 Å². The molecule has 1 amide bonds. The minimum atomic E-state index is -4.03. The number of para-hydroxylation sites is 1. The van der Waals surface area contributed by atoms with Crippen molar-refractivity contribution in [3.8, 4) is 0 Å². The molecule has 37 heavy (non-hydrogen) atoms. The van der Waals surface area contributed by atoms with Gasteiger partial charge in [-0.2, -0.15) is 8.61 Å². The van der Waals surface area contributed by atoms with Gasteiger partial charge in [-0.15, -0.1) is 0 Å². The SMILES string of the molecule is CN(C1CCCCC1)S(=O)(=O)c1ccc(S(=O)(=O)N(CC(=O)Nc2ccccc2)C2CCCCC2)cc1. The number of nitrogens with zero attached hydrogens (tertiary/aromatic N) is 2. The summed E-state index contributed by atoms with van der Waals surface area (Å²) < 4.78 is 56.6. The lowest BCUT2D eigenvalue weighted by Crippen LogP contribution is -2.45. The van der Waals surface area contributed by atoms with E-state index in [4.69, 9.17) is 0 Å². The summed E-state index contributed by atoms with van der Waals surface area (Å²) in [6, 6.07) is 14.1. The molecule has 0 unspecified atom stereocenters. The van der Waals surface area contributed by atoms with E-state index >= 15 is 0 Å². The number of sulfonamides is 2. The molecular formula is C27H37N3O5S2. The van der Waals surface area contributed by atoms with E-state index in [2.05, 4.69) is 5.32 Å². The van der Waals surface area contributed by atoms with Crippen LogP contribution >= 0.6 is 0 Å². The minimum Gasteiger partial charge on any atom is -0.325 e. The predicted octanol–water partition coefficient (Wildman–Crippen LogP) is 4.60. The lowest BCUT2D eigenvalue weighted by molar-refractivity contribution is -0.116. The highest BCUT2D eigenvalue weighted by Crippen LogP contribution is 2.30. The van der Waals surface area contributed by atoms with Crippen molar-refractivity contribution in [3.63, 3.8) is 0 Å². The van der Waals surface area contributed by atoms with E-state index in [9.17, 15) is 21.6 Å². The zero-order valence-electron chi connectivity index (χ0n) is 21.4. The van der Waals surface area contributed by atoms with Gasteiger partial charge in [0.25, 0.3) is 0 Å². The fourth-order valence-corrected chi connectivity index (χ4v) is 8.43. The van der Waals surface area contributed by atoms with Crippen LogP contribution in [0.4, 0.5) is 5.69 Å². The van der Waals surface area contributed by atoms with Gasteiger partial charge in [0, 0.05) is 24.8 Å². The normalized spacial score (nSPS) is 18.2. The Balaban J connectivity index is 1.55. The van der Waals surface area contributed by atoms with Crippen LogP contribution in [0.3, 0.4) is 0 Å². The van der Waals surface area contributed by atoms with Crippen molar-refractivity contribution in [2.24, 2.45) is 0 Å². The first kappa shape index (κ1) is 27.8. The molecule has 0 heterocycles. The lowest BCUT2D eigenvalue weighted by Gasteiger charge is -2.33. The molecule has 202 valence electrons. The second kappa shape index (κ2) is 12.1. The van der Waals surface area contributed by atoms with Crippen LogP contribution in [0.15, 0.2) is 64.4 Å². The third-order valence-corrected chi connectivity index (χ3v) is 11.4. The second-order valence-corrected chi connectivity index (χ2v) is 13.9. The largest absolute Gasteiger partial charge is 0.325 e. The quantitative estimate of drug-likeness (QED) is 0.494. The maximum absolute atomic E-state index is 13.7. The first-order valence-corrected chi connectivity index (χ1v) is 16.0. The summed E-state index contributed by atoms with van der Waals surface area (Å²) in [6.07, 6.45) is 9.05. The van der Waals surface area contributed by atoms with Crippen LogP contribution in [0.2, 0.25) is 0 Å². The molecule has 2 aromatic carbocycles. The van der Waals surface area contributed by atoms with Gasteiger partial charge in [-0.25, -0.2) is 16.8 Å². The Bertz CT molecular complexity index is 1250. The number of hydrogen-bond acceptors (Lipinski definition) is 5. The predicted molar refractivity (Wildman–Crippen MR) is 144 cm³/mol. The van der Waals surface area contributed by atoms with Gasteiger partial charge in [-0.3, -0.25) is 4.79 Å². The number of carbonyl (C=O) groups is 1. The average Bonchev–Trinajstić information content (AvgIpc) is 2.93. The zero-order valence-corrected chi connectivity index (χ0v) is 23.0. The number of carbonyl (C=O) groups excluding carboxylic acids is 1. The van der Waals surface area contributed by atoms with E-state index in [0.717, 1.165) is 51.4 Å². The molecule has 0 saturated heterocycles. The molecule has 2 aliphatic carbocycles. The van der Waals surface area contributed by atoms with Crippen LogP contribution < -0.4 is 5.32 Å². The second-order valence-electron chi connectivity index (χ2n) is 10.0. The number of rotatable bonds is 9. The van der Waals surface area contributed by atoms with Crippen molar-refractivity contribution in [1.82, 2.24) is 8.61 Å². The van der Waals surface area contributed by atoms with Crippen molar-refractivity contribution in [1.29, 1.82) is 0 Å². The maximum Gasteiger partial charge on any atom is 0.243 e. The van der Waals surface area contributed by atoms with Gasteiger partial charge < -0.3 is 5.32 Å². The molecule has 8 nitrogen and oxygen atoms in total. The van der Waals surface area contributed by atoms with Gasteiger partial charge in [-0.1, -0.05) is 56.7 Å². The monoisotopic (exact) mass is 547 g/mol. The van der Waals surface area contributed by atoms with Crippen LogP contribution in [0.25, 0.3) is 0 Å².